The third-order valence-corrected chi connectivity index (χ3v) is 2.73. The molecule has 0 bridgehead atoms. The molecule has 0 spiro atoms. The molecule has 0 aliphatic rings. The lowest BCUT2D eigenvalue weighted by molar-refractivity contribution is -0.138. The molecule has 0 aliphatic carbocycles. The topological polar surface area (TPSA) is 82.3 Å². The predicted molar refractivity (Wildman–Crippen MR) is 76.2 cm³/mol. The number of carbonyl (C=O) groups is 2. The first-order valence-corrected chi connectivity index (χ1v) is 6.40. The lowest BCUT2D eigenvalue weighted by Gasteiger charge is -2.12. The molecule has 24 heavy (non-hydrogen) atoms. The van der Waals surface area contributed by atoms with Crippen molar-refractivity contribution in [3.8, 4) is 0 Å². The number of hydrogen-bond acceptors (Lipinski definition) is 4. The van der Waals surface area contributed by atoms with Crippen LogP contribution in [0.2, 0.25) is 0 Å². The highest BCUT2D eigenvalue weighted by Crippen LogP contribution is 2.17. The first kappa shape index (κ1) is 17.1. The molecular weight excluding hydrogens is 332 g/mol. The van der Waals surface area contributed by atoms with Crippen molar-refractivity contribution >= 4 is 23.2 Å². The molecule has 4 N–H and O–H groups in total. The van der Waals surface area contributed by atoms with E-state index in [1.807, 2.05) is 10.9 Å². The lowest BCUT2D eigenvalue weighted by Crippen LogP contribution is -2.44. The van der Waals surface area contributed by atoms with Crippen molar-refractivity contribution in [2.45, 2.75) is 0 Å². The van der Waals surface area contributed by atoms with E-state index >= 15 is 0 Å². The normalized spacial score (nSPS) is 10.0. The number of nitrogens with one attached hydrogen (secondary N) is 4. The minimum absolute atomic E-state index is 0.674. The van der Waals surface area contributed by atoms with Crippen molar-refractivity contribution in [2.75, 3.05) is 10.9 Å². The quantitative estimate of drug-likeness (QED) is 0.388. The maximum absolute atomic E-state index is 13.3. The molecule has 0 fully saturated rings. The molecule has 2 aromatic rings. The van der Waals surface area contributed by atoms with Gasteiger partial charge in [0.05, 0.1) is 0 Å². The Hall–Kier alpha value is -3.30. The summed E-state index contributed by atoms with van der Waals surface area (Å²) in [6.07, 6.45) is 0. The van der Waals surface area contributed by atoms with Crippen molar-refractivity contribution in [2.24, 2.45) is 0 Å². The second-order valence-electron chi connectivity index (χ2n) is 4.35. The number of hydrazine groups is 2. The molecule has 0 atom stereocenters. The number of halogens is 4. The SMILES string of the molecule is O=C(NNc1c(F)cccc1F)C(=O)NNc1c(F)cccc1F. The van der Waals surface area contributed by atoms with Crippen molar-refractivity contribution in [1.82, 2.24) is 10.9 Å². The Bertz CT molecular complexity index is 679. The van der Waals surface area contributed by atoms with Crippen LogP contribution in [0.1, 0.15) is 0 Å². The van der Waals surface area contributed by atoms with Crippen LogP contribution in [0.4, 0.5) is 28.9 Å². The molecule has 2 aromatic carbocycles. The first-order valence-electron chi connectivity index (χ1n) is 6.40. The van der Waals surface area contributed by atoms with Crippen LogP contribution < -0.4 is 21.7 Å². The molecule has 6 nitrogen and oxygen atoms in total. The molecule has 2 amide bonds. The maximum atomic E-state index is 13.3. The van der Waals surface area contributed by atoms with Gasteiger partial charge in [0, 0.05) is 0 Å². The molecule has 10 heteroatoms. The molecule has 2 rings (SSSR count). The van der Waals surface area contributed by atoms with Crippen LogP contribution in [-0.2, 0) is 9.59 Å². The zero-order valence-electron chi connectivity index (χ0n) is 11.8. The van der Waals surface area contributed by atoms with Gasteiger partial charge in [0.2, 0.25) is 0 Å². The van der Waals surface area contributed by atoms with Crippen LogP contribution in [0.25, 0.3) is 0 Å². The van der Waals surface area contributed by atoms with E-state index in [9.17, 15) is 27.2 Å². The predicted octanol–water partition coefficient (Wildman–Crippen LogP) is 1.83. The Morgan fingerprint density at radius 1 is 0.625 bits per heavy atom. The van der Waals surface area contributed by atoms with E-state index in [0.717, 1.165) is 36.4 Å². The number of para-hydroxylation sites is 2. The van der Waals surface area contributed by atoms with Crippen LogP contribution in [0.5, 0.6) is 0 Å². The van der Waals surface area contributed by atoms with Crippen LogP contribution >= 0.6 is 0 Å². The Morgan fingerprint density at radius 2 is 0.917 bits per heavy atom. The number of rotatable bonds is 4. The van der Waals surface area contributed by atoms with E-state index in [0.29, 0.717) is 0 Å². The van der Waals surface area contributed by atoms with Gasteiger partial charge in [0.25, 0.3) is 0 Å². The number of carbonyl (C=O) groups excluding carboxylic acids is 2. The average Bonchev–Trinajstić information content (AvgIpc) is 2.53. The Morgan fingerprint density at radius 3 is 1.21 bits per heavy atom. The fraction of sp³-hybridized carbons (Fsp3) is 0. The Balaban J connectivity index is 1.92. The molecule has 0 aromatic heterocycles. The highest BCUT2D eigenvalue weighted by atomic mass is 19.1. The summed E-state index contributed by atoms with van der Waals surface area (Å²) in [5.41, 5.74) is 5.92. The van der Waals surface area contributed by atoms with Gasteiger partial charge in [-0.15, -0.1) is 0 Å². The zero-order valence-corrected chi connectivity index (χ0v) is 11.8. The van der Waals surface area contributed by atoms with Crippen LogP contribution in [0.3, 0.4) is 0 Å². The van der Waals surface area contributed by atoms with Crippen molar-refractivity contribution < 1.29 is 27.2 Å². The second-order valence-corrected chi connectivity index (χ2v) is 4.35. The summed E-state index contributed by atoms with van der Waals surface area (Å²) in [5, 5.41) is 0. The van der Waals surface area contributed by atoms with Gasteiger partial charge in [-0.2, -0.15) is 0 Å². The van der Waals surface area contributed by atoms with Gasteiger partial charge in [-0.25, -0.2) is 17.6 Å². The number of anilines is 2. The molecule has 0 unspecified atom stereocenters. The van der Waals surface area contributed by atoms with Gasteiger partial charge in [-0.05, 0) is 24.3 Å². The molecule has 0 saturated heterocycles. The lowest BCUT2D eigenvalue weighted by atomic mass is 10.3. The Labute approximate surface area is 132 Å². The van der Waals surface area contributed by atoms with Crippen LogP contribution in [0.15, 0.2) is 36.4 Å². The van der Waals surface area contributed by atoms with Gasteiger partial charge in [-0.1, -0.05) is 12.1 Å². The molecule has 126 valence electrons. The summed E-state index contributed by atoms with van der Waals surface area (Å²) in [5.74, 6) is -6.71. The van der Waals surface area contributed by atoms with Gasteiger partial charge < -0.3 is 0 Å². The Kier molecular flexibility index (Phi) is 5.20. The van der Waals surface area contributed by atoms with Gasteiger partial charge >= 0.3 is 11.8 Å². The highest BCUT2D eigenvalue weighted by Gasteiger charge is 2.16. The second kappa shape index (κ2) is 7.31. The van der Waals surface area contributed by atoms with Gasteiger partial charge in [0.15, 0.2) is 23.3 Å². The summed E-state index contributed by atoms with van der Waals surface area (Å²) in [6, 6.07) is 5.94. The zero-order chi connectivity index (χ0) is 17.7. The van der Waals surface area contributed by atoms with Gasteiger partial charge in [-0.3, -0.25) is 31.3 Å². The van der Waals surface area contributed by atoms with Crippen molar-refractivity contribution in [3.05, 3.63) is 59.7 Å². The summed E-state index contributed by atoms with van der Waals surface area (Å²) in [7, 11) is 0. The van der Waals surface area contributed by atoms with Crippen LogP contribution in [0, 0.1) is 23.3 Å². The van der Waals surface area contributed by atoms with Gasteiger partial charge in [0.1, 0.15) is 11.4 Å². The number of amides is 2. The smallest absolute Gasteiger partial charge is 0.293 e. The fourth-order valence-corrected chi connectivity index (χ4v) is 1.59. The van der Waals surface area contributed by atoms with Crippen LogP contribution in [-0.4, -0.2) is 11.8 Å². The summed E-state index contributed by atoms with van der Waals surface area (Å²) in [4.78, 5) is 22.9. The van der Waals surface area contributed by atoms with Crippen molar-refractivity contribution in [1.29, 1.82) is 0 Å². The van der Waals surface area contributed by atoms with E-state index < -0.39 is 46.5 Å². The van der Waals surface area contributed by atoms with E-state index in [1.165, 1.54) is 0 Å². The first-order chi connectivity index (χ1) is 11.4. The molecule has 0 radical (unpaired) electrons. The minimum atomic E-state index is -1.36. The summed E-state index contributed by atoms with van der Waals surface area (Å²) in [6.45, 7) is 0. The third kappa shape index (κ3) is 3.91. The van der Waals surface area contributed by atoms with E-state index in [1.54, 1.807) is 10.9 Å². The molecule has 0 aliphatic heterocycles. The summed E-state index contributed by atoms with van der Waals surface area (Å²) < 4.78 is 53.2. The highest BCUT2D eigenvalue weighted by molar-refractivity contribution is 6.35. The fourth-order valence-electron chi connectivity index (χ4n) is 1.59. The monoisotopic (exact) mass is 342 g/mol. The largest absolute Gasteiger partial charge is 0.329 e. The maximum Gasteiger partial charge on any atom is 0.329 e. The number of hydrogen-bond donors (Lipinski definition) is 4. The minimum Gasteiger partial charge on any atom is -0.293 e. The third-order valence-electron chi connectivity index (χ3n) is 2.73. The number of benzene rings is 2. The molecule has 0 saturated carbocycles. The standard InChI is InChI=1S/C14H10F4N4O2/c15-7-3-1-4-8(16)11(7)19-21-13(23)14(24)22-20-12-9(17)5-2-6-10(12)18/h1-6,19-20H,(H,21,23)(H,22,24). The molecular formula is C14H10F4N4O2. The summed E-state index contributed by atoms with van der Waals surface area (Å²) >= 11 is 0. The van der Waals surface area contributed by atoms with Crippen molar-refractivity contribution in [3.63, 3.8) is 0 Å². The average molecular weight is 342 g/mol. The van der Waals surface area contributed by atoms with E-state index in [2.05, 4.69) is 0 Å². The van der Waals surface area contributed by atoms with E-state index in [-0.39, 0.29) is 0 Å². The van der Waals surface area contributed by atoms with E-state index in [4.69, 9.17) is 0 Å². The molecule has 0 heterocycles.